The van der Waals surface area contributed by atoms with Crippen molar-refractivity contribution in [2.24, 2.45) is 0 Å². The molecule has 0 saturated heterocycles. The second kappa shape index (κ2) is 5.94. The number of nitrogens with zero attached hydrogens (tertiary/aromatic N) is 1. The average molecular weight is 289 g/mol. The van der Waals surface area contributed by atoms with E-state index < -0.39 is 0 Å². The minimum Gasteiger partial charge on any atom is -0.380 e. The molecule has 0 saturated carbocycles. The average Bonchev–Trinajstić information content (AvgIpc) is 2.43. The van der Waals surface area contributed by atoms with Crippen LogP contribution in [0, 0.1) is 31.0 Å². The van der Waals surface area contributed by atoms with Crippen molar-refractivity contribution in [1.82, 2.24) is 0 Å². The summed E-state index contributed by atoms with van der Waals surface area (Å²) in [4.78, 5) is 0. The highest BCUT2D eigenvalue weighted by Gasteiger charge is 2.06. The predicted molar refractivity (Wildman–Crippen MR) is 79.4 cm³/mol. The summed E-state index contributed by atoms with van der Waals surface area (Å²) in [5.41, 5.74) is 3.53. The maximum Gasteiger partial charge on any atom is 0.129 e. The van der Waals surface area contributed by atoms with E-state index in [2.05, 4.69) is 5.32 Å². The van der Waals surface area contributed by atoms with E-state index in [1.807, 2.05) is 18.2 Å². The van der Waals surface area contributed by atoms with Crippen LogP contribution in [-0.2, 0) is 6.54 Å². The summed E-state index contributed by atoms with van der Waals surface area (Å²) in [5, 5.41) is 12.5. The highest BCUT2D eigenvalue weighted by molar-refractivity contribution is 6.33. The summed E-state index contributed by atoms with van der Waals surface area (Å²) in [6.07, 6.45) is 0. The van der Waals surface area contributed by atoms with Crippen LogP contribution in [0.3, 0.4) is 0 Å². The van der Waals surface area contributed by atoms with Crippen molar-refractivity contribution in [2.45, 2.75) is 20.4 Å². The fourth-order valence-electron chi connectivity index (χ4n) is 2.06. The predicted octanol–water partition coefficient (Wildman–Crippen LogP) is 4.58. The van der Waals surface area contributed by atoms with E-state index in [4.69, 9.17) is 16.9 Å². The molecular weight excluding hydrogens is 275 g/mol. The molecule has 0 radical (unpaired) electrons. The first-order chi connectivity index (χ1) is 9.51. The monoisotopic (exact) mass is 288 g/mol. The molecular formula is C16H14ClFN2. The molecule has 0 aliphatic rings. The third-order valence-electron chi connectivity index (χ3n) is 3.08. The van der Waals surface area contributed by atoms with Crippen molar-refractivity contribution in [1.29, 1.82) is 5.26 Å². The lowest BCUT2D eigenvalue weighted by Crippen LogP contribution is -2.02. The number of benzene rings is 2. The Morgan fingerprint density at radius 1 is 1.20 bits per heavy atom. The molecule has 0 amide bonds. The quantitative estimate of drug-likeness (QED) is 0.897. The van der Waals surface area contributed by atoms with E-state index in [-0.39, 0.29) is 5.82 Å². The van der Waals surface area contributed by atoms with Crippen LogP contribution < -0.4 is 5.32 Å². The molecule has 0 spiro atoms. The fourth-order valence-corrected chi connectivity index (χ4v) is 2.31. The van der Waals surface area contributed by atoms with Gasteiger partial charge in [0.05, 0.1) is 22.3 Å². The van der Waals surface area contributed by atoms with Gasteiger partial charge in [-0.25, -0.2) is 4.39 Å². The van der Waals surface area contributed by atoms with E-state index >= 15 is 0 Å². The molecule has 2 nitrogen and oxygen atoms in total. The van der Waals surface area contributed by atoms with Crippen molar-refractivity contribution in [2.75, 3.05) is 5.32 Å². The minimum atomic E-state index is -0.162. The summed E-state index contributed by atoms with van der Waals surface area (Å²) in [5.74, 6) is -0.162. The molecule has 0 aromatic heterocycles. The number of hydrogen-bond acceptors (Lipinski definition) is 2. The van der Waals surface area contributed by atoms with Crippen LogP contribution in [0.15, 0.2) is 30.3 Å². The Bertz CT molecular complexity index is 666. The summed E-state index contributed by atoms with van der Waals surface area (Å²) in [6.45, 7) is 4.05. The summed E-state index contributed by atoms with van der Waals surface area (Å²) < 4.78 is 13.5. The Balaban J connectivity index is 2.15. The second-order valence-corrected chi connectivity index (χ2v) is 5.11. The Morgan fingerprint density at radius 3 is 2.40 bits per heavy atom. The van der Waals surface area contributed by atoms with Crippen LogP contribution in [0.4, 0.5) is 10.1 Å². The van der Waals surface area contributed by atoms with Crippen molar-refractivity contribution in [3.05, 3.63) is 63.4 Å². The number of anilines is 1. The van der Waals surface area contributed by atoms with Gasteiger partial charge in [0.15, 0.2) is 0 Å². The largest absolute Gasteiger partial charge is 0.380 e. The van der Waals surface area contributed by atoms with Crippen LogP contribution in [0.5, 0.6) is 0 Å². The molecule has 20 heavy (non-hydrogen) atoms. The Morgan fingerprint density at radius 2 is 1.85 bits per heavy atom. The van der Waals surface area contributed by atoms with Gasteiger partial charge >= 0.3 is 0 Å². The van der Waals surface area contributed by atoms with Gasteiger partial charge in [0.1, 0.15) is 5.82 Å². The van der Waals surface area contributed by atoms with Crippen molar-refractivity contribution >= 4 is 17.3 Å². The van der Waals surface area contributed by atoms with E-state index in [9.17, 15) is 4.39 Å². The molecule has 0 aliphatic carbocycles. The van der Waals surface area contributed by atoms with Gasteiger partial charge in [0.25, 0.3) is 0 Å². The van der Waals surface area contributed by atoms with Gasteiger partial charge in [-0.1, -0.05) is 23.7 Å². The van der Waals surface area contributed by atoms with E-state index in [1.54, 1.807) is 32.0 Å². The highest BCUT2D eigenvalue weighted by atomic mass is 35.5. The zero-order valence-electron chi connectivity index (χ0n) is 11.3. The minimum absolute atomic E-state index is 0.162. The molecule has 0 atom stereocenters. The summed E-state index contributed by atoms with van der Waals surface area (Å²) in [7, 11) is 0. The number of hydrogen-bond donors (Lipinski definition) is 1. The Hall–Kier alpha value is -2.05. The van der Waals surface area contributed by atoms with Gasteiger partial charge in [0.2, 0.25) is 0 Å². The van der Waals surface area contributed by atoms with Crippen LogP contribution >= 0.6 is 11.6 Å². The lowest BCUT2D eigenvalue weighted by Gasteiger charge is -2.11. The molecule has 0 aliphatic heterocycles. The normalized spacial score (nSPS) is 10.2. The Labute approximate surface area is 122 Å². The molecule has 0 unspecified atom stereocenters. The van der Waals surface area contributed by atoms with Gasteiger partial charge < -0.3 is 5.32 Å². The molecule has 2 rings (SSSR count). The van der Waals surface area contributed by atoms with Crippen molar-refractivity contribution in [3.8, 4) is 6.07 Å². The zero-order chi connectivity index (χ0) is 14.7. The third kappa shape index (κ3) is 3.09. The SMILES string of the molecule is Cc1cc(CNc2ccc(C#N)cc2Cl)cc(C)c1F. The smallest absolute Gasteiger partial charge is 0.129 e. The highest BCUT2D eigenvalue weighted by Crippen LogP contribution is 2.24. The first kappa shape index (κ1) is 14.4. The molecule has 0 fully saturated rings. The molecule has 2 aromatic carbocycles. The van der Waals surface area contributed by atoms with Gasteiger partial charge in [-0.05, 0) is 48.7 Å². The van der Waals surface area contributed by atoms with Crippen LogP contribution in [0.1, 0.15) is 22.3 Å². The number of nitriles is 1. The van der Waals surface area contributed by atoms with Crippen LogP contribution in [0.25, 0.3) is 0 Å². The van der Waals surface area contributed by atoms with Gasteiger partial charge in [-0.15, -0.1) is 0 Å². The van der Waals surface area contributed by atoms with Gasteiger partial charge in [0, 0.05) is 6.54 Å². The first-order valence-corrected chi connectivity index (χ1v) is 6.58. The number of aryl methyl sites for hydroxylation is 2. The zero-order valence-corrected chi connectivity index (χ0v) is 12.1. The number of halogens is 2. The lowest BCUT2D eigenvalue weighted by atomic mass is 10.1. The fraction of sp³-hybridized carbons (Fsp3) is 0.188. The molecule has 1 N–H and O–H groups in total. The number of rotatable bonds is 3. The third-order valence-corrected chi connectivity index (χ3v) is 3.39. The van der Waals surface area contributed by atoms with Crippen LogP contribution in [-0.4, -0.2) is 0 Å². The van der Waals surface area contributed by atoms with Crippen molar-refractivity contribution < 1.29 is 4.39 Å². The second-order valence-electron chi connectivity index (χ2n) is 4.70. The molecule has 0 bridgehead atoms. The first-order valence-electron chi connectivity index (χ1n) is 6.20. The molecule has 2 aromatic rings. The molecule has 4 heteroatoms. The summed E-state index contributed by atoms with van der Waals surface area (Å²) in [6, 6.07) is 10.7. The van der Waals surface area contributed by atoms with Crippen LogP contribution in [0.2, 0.25) is 5.02 Å². The molecule has 0 heterocycles. The van der Waals surface area contributed by atoms with Gasteiger partial charge in [-0.2, -0.15) is 5.26 Å². The number of nitrogens with one attached hydrogen (secondary N) is 1. The Kier molecular flexibility index (Phi) is 4.26. The summed E-state index contributed by atoms with van der Waals surface area (Å²) >= 11 is 6.09. The lowest BCUT2D eigenvalue weighted by molar-refractivity contribution is 0.608. The van der Waals surface area contributed by atoms with E-state index in [1.165, 1.54) is 0 Å². The van der Waals surface area contributed by atoms with E-state index in [0.717, 1.165) is 11.3 Å². The topological polar surface area (TPSA) is 35.8 Å². The van der Waals surface area contributed by atoms with Crippen molar-refractivity contribution in [3.63, 3.8) is 0 Å². The standard InChI is InChI=1S/C16H14ClFN2/c1-10-5-13(6-11(2)16(10)18)9-20-15-4-3-12(8-19)7-14(15)17/h3-7,20H,9H2,1-2H3. The maximum atomic E-state index is 13.5. The van der Waals surface area contributed by atoms with E-state index in [0.29, 0.717) is 28.3 Å². The maximum absolute atomic E-state index is 13.5. The van der Waals surface area contributed by atoms with Gasteiger partial charge in [-0.3, -0.25) is 0 Å². The molecule has 102 valence electrons.